The van der Waals surface area contributed by atoms with E-state index in [4.69, 9.17) is 5.73 Å². The summed E-state index contributed by atoms with van der Waals surface area (Å²) in [5, 5.41) is -0.106. The number of hydrogen-bond donors (Lipinski definition) is 1. The second kappa shape index (κ2) is 5.43. The molecule has 0 aromatic heterocycles. The van der Waals surface area contributed by atoms with E-state index in [-0.39, 0.29) is 17.3 Å². The minimum absolute atomic E-state index is 0.106. The van der Waals surface area contributed by atoms with Crippen LogP contribution in [0.15, 0.2) is 0 Å². The van der Waals surface area contributed by atoms with Crippen LogP contribution in [0.3, 0.4) is 0 Å². The molecule has 3 nitrogen and oxygen atoms in total. The van der Waals surface area contributed by atoms with E-state index in [2.05, 4.69) is 4.74 Å². The zero-order chi connectivity index (χ0) is 8.85. The highest BCUT2D eigenvalue weighted by Crippen LogP contribution is 2.11. The summed E-state index contributed by atoms with van der Waals surface area (Å²) < 4.78 is 4.54. The molecule has 0 aromatic carbocycles. The lowest BCUT2D eigenvalue weighted by atomic mass is 10.4. The van der Waals surface area contributed by atoms with Gasteiger partial charge >= 0.3 is 5.97 Å². The van der Waals surface area contributed by atoms with Crippen molar-refractivity contribution in [3.8, 4) is 0 Å². The highest BCUT2D eigenvalue weighted by molar-refractivity contribution is 8.00. The van der Waals surface area contributed by atoms with Crippen LogP contribution in [0, 0.1) is 0 Å². The highest BCUT2D eigenvalue weighted by atomic mass is 32.2. The SMILES string of the molecule is COC(=O)C(C)SCC(C)N. The molecule has 4 heteroatoms. The van der Waals surface area contributed by atoms with Gasteiger partial charge in [-0.3, -0.25) is 4.79 Å². The van der Waals surface area contributed by atoms with Crippen LogP contribution in [-0.2, 0) is 9.53 Å². The zero-order valence-corrected chi connectivity index (χ0v) is 7.98. The number of hydrogen-bond acceptors (Lipinski definition) is 4. The number of nitrogens with two attached hydrogens (primary N) is 1. The zero-order valence-electron chi connectivity index (χ0n) is 7.16. The average Bonchev–Trinajstić information content (AvgIpc) is 1.98. The van der Waals surface area contributed by atoms with Crippen LogP contribution >= 0.6 is 11.8 Å². The minimum atomic E-state index is -0.185. The summed E-state index contributed by atoms with van der Waals surface area (Å²) in [7, 11) is 1.39. The third kappa shape index (κ3) is 5.09. The molecule has 0 bridgehead atoms. The molecule has 66 valence electrons. The molecule has 11 heavy (non-hydrogen) atoms. The lowest BCUT2D eigenvalue weighted by molar-refractivity contribution is -0.139. The Morgan fingerprint density at radius 2 is 2.18 bits per heavy atom. The molecular formula is C7H15NO2S. The van der Waals surface area contributed by atoms with Gasteiger partial charge in [-0.25, -0.2) is 0 Å². The Bertz CT molecular complexity index is 128. The largest absolute Gasteiger partial charge is 0.468 e. The van der Waals surface area contributed by atoms with Crippen molar-refractivity contribution in [1.82, 2.24) is 0 Å². The van der Waals surface area contributed by atoms with Crippen molar-refractivity contribution in [1.29, 1.82) is 0 Å². The van der Waals surface area contributed by atoms with Crippen LogP contribution in [0.2, 0.25) is 0 Å². The fourth-order valence-corrected chi connectivity index (χ4v) is 1.35. The Balaban J connectivity index is 3.52. The Kier molecular flexibility index (Phi) is 5.32. The summed E-state index contributed by atoms with van der Waals surface area (Å²) in [6, 6.07) is 0.132. The summed E-state index contributed by atoms with van der Waals surface area (Å²) in [6.45, 7) is 3.73. The quantitative estimate of drug-likeness (QED) is 0.640. The first-order valence-electron chi connectivity index (χ1n) is 3.53. The van der Waals surface area contributed by atoms with E-state index in [0.717, 1.165) is 5.75 Å². The van der Waals surface area contributed by atoms with Crippen LogP contribution < -0.4 is 5.73 Å². The monoisotopic (exact) mass is 177 g/mol. The lowest BCUT2D eigenvalue weighted by Gasteiger charge is -2.09. The van der Waals surface area contributed by atoms with Crippen molar-refractivity contribution in [3.05, 3.63) is 0 Å². The van der Waals surface area contributed by atoms with Crippen molar-refractivity contribution in [2.24, 2.45) is 5.73 Å². The molecule has 0 rings (SSSR count). The normalized spacial score (nSPS) is 15.6. The molecule has 0 saturated heterocycles. The predicted molar refractivity (Wildman–Crippen MR) is 47.6 cm³/mol. The van der Waals surface area contributed by atoms with Gasteiger partial charge in [0, 0.05) is 11.8 Å². The number of carbonyl (C=O) groups is 1. The lowest BCUT2D eigenvalue weighted by Crippen LogP contribution is -2.22. The average molecular weight is 177 g/mol. The van der Waals surface area contributed by atoms with Gasteiger partial charge in [0.25, 0.3) is 0 Å². The van der Waals surface area contributed by atoms with Crippen LogP contribution in [-0.4, -0.2) is 30.1 Å². The molecule has 0 aliphatic carbocycles. The van der Waals surface area contributed by atoms with Crippen LogP contribution in [0.25, 0.3) is 0 Å². The Hall–Kier alpha value is -0.220. The first-order valence-corrected chi connectivity index (χ1v) is 4.57. The molecule has 0 aliphatic rings. The maximum absolute atomic E-state index is 10.8. The van der Waals surface area contributed by atoms with Gasteiger partial charge in [0.05, 0.1) is 12.4 Å². The Morgan fingerprint density at radius 1 is 1.64 bits per heavy atom. The second-order valence-corrected chi connectivity index (χ2v) is 3.85. The molecule has 0 amide bonds. The number of rotatable bonds is 4. The van der Waals surface area contributed by atoms with Gasteiger partial charge in [0.1, 0.15) is 0 Å². The van der Waals surface area contributed by atoms with E-state index < -0.39 is 0 Å². The third-order valence-corrected chi connectivity index (χ3v) is 2.55. The van der Waals surface area contributed by atoms with Gasteiger partial charge in [-0.05, 0) is 13.8 Å². The molecule has 2 N–H and O–H groups in total. The van der Waals surface area contributed by atoms with Gasteiger partial charge in [-0.1, -0.05) is 0 Å². The molecule has 0 radical (unpaired) electrons. The van der Waals surface area contributed by atoms with Crippen LogP contribution in [0.5, 0.6) is 0 Å². The van der Waals surface area contributed by atoms with Crippen molar-refractivity contribution < 1.29 is 9.53 Å². The van der Waals surface area contributed by atoms with E-state index >= 15 is 0 Å². The van der Waals surface area contributed by atoms with E-state index in [0.29, 0.717) is 0 Å². The Labute approximate surface area is 71.7 Å². The minimum Gasteiger partial charge on any atom is -0.468 e. The molecule has 0 aromatic rings. The maximum Gasteiger partial charge on any atom is 0.318 e. The first kappa shape index (κ1) is 10.8. The van der Waals surface area contributed by atoms with Gasteiger partial charge in [-0.2, -0.15) is 0 Å². The first-order chi connectivity index (χ1) is 5.07. The summed E-state index contributed by atoms with van der Waals surface area (Å²) in [4.78, 5) is 10.8. The number of ether oxygens (including phenoxy) is 1. The number of methoxy groups -OCH3 is 1. The fourth-order valence-electron chi connectivity index (χ4n) is 0.530. The maximum atomic E-state index is 10.8. The van der Waals surface area contributed by atoms with Crippen LogP contribution in [0.4, 0.5) is 0 Å². The van der Waals surface area contributed by atoms with Crippen LogP contribution in [0.1, 0.15) is 13.8 Å². The molecule has 0 aliphatic heterocycles. The summed E-state index contributed by atoms with van der Waals surface area (Å²) in [5.74, 6) is 0.603. The molecule has 0 fully saturated rings. The summed E-state index contributed by atoms with van der Waals surface area (Å²) in [5.41, 5.74) is 5.51. The number of thioether (sulfide) groups is 1. The molecule has 2 unspecified atom stereocenters. The van der Waals surface area contributed by atoms with Gasteiger partial charge < -0.3 is 10.5 Å². The molecule has 2 atom stereocenters. The molecule has 0 spiro atoms. The van der Waals surface area contributed by atoms with Crippen molar-refractivity contribution in [2.45, 2.75) is 25.1 Å². The smallest absolute Gasteiger partial charge is 0.318 e. The number of esters is 1. The summed E-state index contributed by atoms with van der Waals surface area (Å²) in [6.07, 6.45) is 0. The van der Waals surface area contributed by atoms with Gasteiger partial charge in [0.15, 0.2) is 0 Å². The standard InChI is InChI=1S/C7H15NO2S/c1-5(8)4-11-6(2)7(9)10-3/h5-6H,4,8H2,1-3H3. The predicted octanol–water partition coefficient (Wildman–Crippen LogP) is 0.628. The van der Waals surface area contributed by atoms with Crippen molar-refractivity contribution in [2.75, 3.05) is 12.9 Å². The topological polar surface area (TPSA) is 52.3 Å². The number of carbonyl (C=O) groups excluding carboxylic acids is 1. The Morgan fingerprint density at radius 3 is 2.55 bits per heavy atom. The van der Waals surface area contributed by atoms with Gasteiger partial charge in [-0.15, -0.1) is 11.8 Å². The van der Waals surface area contributed by atoms with E-state index in [9.17, 15) is 4.79 Å². The second-order valence-electron chi connectivity index (χ2n) is 2.48. The summed E-state index contributed by atoms with van der Waals surface area (Å²) >= 11 is 1.52. The molecular weight excluding hydrogens is 162 g/mol. The molecule has 0 heterocycles. The van der Waals surface area contributed by atoms with E-state index in [1.807, 2.05) is 13.8 Å². The fraction of sp³-hybridized carbons (Fsp3) is 0.857. The molecule has 0 saturated carbocycles. The van der Waals surface area contributed by atoms with Gasteiger partial charge in [0.2, 0.25) is 0 Å². The van der Waals surface area contributed by atoms with Crippen molar-refractivity contribution in [3.63, 3.8) is 0 Å². The van der Waals surface area contributed by atoms with E-state index in [1.165, 1.54) is 18.9 Å². The van der Waals surface area contributed by atoms with E-state index in [1.54, 1.807) is 0 Å². The third-order valence-electron chi connectivity index (χ3n) is 1.14. The van der Waals surface area contributed by atoms with Crippen molar-refractivity contribution >= 4 is 17.7 Å². The highest BCUT2D eigenvalue weighted by Gasteiger charge is 2.13.